The molecule has 2 heterocycles. The molecule has 4 N–H and O–H groups in total. The van der Waals surface area contributed by atoms with Gasteiger partial charge in [0.05, 0.1) is 5.69 Å². The number of nitrogens with two attached hydrogens (primary N) is 1. The number of hydrogen-bond donors (Lipinski definition) is 3. The van der Waals surface area contributed by atoms with Gasteiger partial charge >= 0.3 is 0 Å². The molecule has 0 amide bonds. The third kappa shape index (κ3) is 1.16. The summed E-state index contributed by atoms with van der Waals surface area (Å²) in [6, 6.07) is 0. The molecular weight excluding hydrogens is 194 g/mol. The Morgan fingerprint density at radius 1 is 1.27 bits per heavy atom. The third-order valence-electron chi connectivity index (χ3n) is 2.66. The van der Waals surface area contributed by atoms with E-state index in [0.717, 1.165) is 11.3 Å². The number of anilines is 1. The Kier molecular flexibility index (Phi) is 1.89. The van der Waals surface area contributed by atoms with Gasteiger partial charge in [-0.25, -0.2) is 0 Å². The highest BCUT2D eigenvalue weighted by Gasteiger charge is 2.13. The van der Waals surface area contributed by atoms with E-state index >= 15 is 0 Å². The molecule has 78 valence electrons. The predicted octanol–water partition coefficient (Wildman–Crippen LogP) is 0.868. The van der Waals surface area contributed by atoms with Crippen LogP contribution in [-0.2, 0) is 0 Å². The fraction of sp³-hybridized carbons (Fsp3) is 0.200. The number of aryl methyl sites for hydroxylation is 2. The second-order valence-corrected chi connectivity index (χ2v) is 3.52. The second kappa shape index (κ2) is 2.98. The molecule has 5 heteroatoms. The zero-order valence-corrected chi connectivity index (χ0v) is 8.47. The number of aromatic nitrogens is 2. The standard InChI is InChI=1S/C10H11N3O2/c1-4-5(2)12-9-7(4)8(11)6(3-14)10(15)13-9/h3H,1-2H3,(H4,11,12,13,15). The molecule has 2 aromatic heterocycles. The van der Waals surface area contributed by atoms with Crippen LogP contribution in [0.25, 0.3) is 11.0 Å². The summed E-state index contributed by atoms with van der Waals surface area (Å²) >= 11 is 0. The topological polar surface area (TPSA) is 91.7 Å². The minimum atomic E-state index is -0.462. The zero-order valence-electron chi connectivity index (χ0n) is 8.47. The minimum Gasteiger partial charge on any atom is -0.397 e. The molecule has 0 spiro atoms. The van der Waals surface area contributed by atoms with Gasteiger partial charge in [-0.3, -0.25) is 9.59 Å². The Balaban J connectivity index is 3.05. The third-order valence-corrected chi connectivity index (χ3v) is 2.66. The Morgan fingerprint density at radius 2 is 1.93 bits per heavy atom. The number of aromatic amines is 2. The summed E-state index contributed by atoms with van der Waals surface area (Å²) in [5.74, 6) is 0. The van der Waals surface area contributed by atoms with Crippen LogP contribution in [0.4, 0.5) is 5.69 Å². The number of nitrogen functional groups attached to an aromatic ring is 1. The maximum absolute atomic E-state index is 11.4. The van der Waals surface area contributed by atoms with Crippen LogP contribution < -0.4 is 11.3 Å². The lowest BCUT2D eigenvalue weighted by atomic mass is 10.1. The minimum absolute atomic E-state index is 0.00963. The van der Waals surface area contributed by atoms with Gasteiger partial charge in [-0.05, 0) is 19.4 Å². The molecule has 0 aliphatic heterocycles. The summed E-state index contributed by atoms with van der Waals surface area (Å²) in [6.07, 6.45) is 0.482. The van der Waals surface area contributed by atoms with Gasteiger partial charge in [-0.1, -0.05) is 0 Å². The zero-order chi connectivity index (χ0) is 11.2. The lowest BCUT2D eigenvalue weighted by Gasteiger charge is -2.00. The smallest absolute Gasteiger partial charge is 0.262 e. The van der Waals surface area contributed by atoms with Crippen molar-refractivity contribution in [3.05, 3.63) is 27.2 Å². The molecule has 2 aromatic rings. The van der Waals surface area contributed by atoms with Crippen LogP contribution in [-0.4, -0.2) is 16.3 Å². The first kappa shape index (κ1) is 9.51. The highest BCUT2D eigenvalue weighted by molar-refractivity contribution is 6.00. The van der Waals surface area contributed by atoms with Crippen LogP contribution in [0.2, 0.25) is 0 Å². The van der Waals surface area contributed by atoms with Crippen LogP contribution in [0.15, 0.2) is 4.79 Å². The number of carbonyl (C=O) groups excluding carboxylic acids is 1. The summed E-state index contributed by atoms with van der Waals surface area (Å²) in [5.41, 5.74) is 7.98. The number of hydrogen-bond acceptors (Lipinski definition) is 3. The van der Waals surface area contributed by atoms with Gasteiger partial charge in [-0.2, -0.15) is 0 Å². The van der Waals surface area contributed by atoms with Crippen LogP contribution >= 0.6 is 0 Å². The van der Waals surface area contributed by atoms with Crippen molar-refractivity contribution in [2.24, 2.45) is 0 Å². The highest BCUT2D eigenvalue weighted by Crippen LogP contribution is 2.25. The summed E-state index contributed by atoms with van der Waals surface area (Å²) in [6.45, 7) is 3.77. The number of pyridine rings is 1. The lowest BCUT2D eigenvalue weighted by Crippen LogP contribution is -2.15. The van der Waals surface area contributed by atoms with Gasteiger partial charge in [0.15, 0.2) is 6.29 Å². The average Bonchev–Trinajstić information content (AvgIpc) is 2.43. The van der Waals surface area contributed by atoms with Crippen molar-refractivity contribution < 1.29 is 4.79 Å². The predicted molar refractivity (Wildman–Crippen MR) is 58.2 cm³/mol. The van der Waals surface area contributed by atoms with E-state index in [1.165, 1.54) is 0 Å². The first-order valence-corrected chi connectivity index (χ1v) is 4.52. The number of carbonyl (C=O) groups is 1. The lowest BCUT2D eigenvalue weighted by molar-refractivity contribution is 0.112. The van der Waals surface area contributed by atoms with E-state index in [0.29, 0.717) is 17.3 Å². The number of aldehydes is 1. The Bertz CT molecular complexity index is 607. The van der Waals surface area contributed by atoms with E-state index in [-0.39, 0.29) is 11.3 Å². The van der Waals surface area contributed by atoms with Crippen molar-refractivity contribution in [2.45, 2.75) is 13.8 Å². The summed E-state index contributed by atoms with van der Waals surface area (Å²) in [5, 5.41) is 0.717. The van der Waals surface area contributed by atoms with Crippen molar-refractivity contribution in [1.29, 1.82) is 0 Å². The molecule has 0 bridgehead atoms. The Morgan fingerprint density at radius 3 is 2.53 bits per heavy atom. The number of rotatable bonds is 1. The molecule has 0 aliphatic carbocycles. The van der Waals surface area contributed by atoms with Gasteiger partial charge in [-0.15, -0.1) is 0 Å². The Labute approximate surface area is 85.3 Å². The first-order valence-electron chi connectivity index (χ1n) is 4.52. The van der Waals surface area contributed by atoms with Gasteiger partial charge in [0.1, 0.15) is 11.2 Å². The largest absolute Gasteiger partial charge is 0.397 e. The summed E-state index contributed by atoms with van der Waals surface area (Å²) in [7, 11) is 0. The maximum atomic E-state index is 11.4. The monoisotopic (exact) mass is 205 g/mol. The summed E-state index contributed by atoms with van der Waals surface area (Å²) < 4.78 is 0. The van der Waals surface area contributed by atoms with Gasteiger partial charge < -0.3 is 15.7 Å². The van der Waals surface area contributed by atoms with Crippen molar-refractivity contribution >= 4 is 23.0 Å². The fourth-order valence-electron chi connectivity index (χ4n) is 1.70. The molecule has 0 radical (unpaired) electrons. The van der Waals surface area contributed by atoms with Crippen LogP contribution in [0.5, 0.6) is 0 Å². The molecule has 2 rings (SSSR count). The molecule has 0 saturated heterocycles. The van der Waals surface area contributed by atoms with E-state index in [2.05, 4.69) is 9.97 Å². The molecular formula is C10H11N3O2. The molecule has 0 saturated carbocycles. The molecule has 5 nitrogen and oxygen atoms in total. The average molecular weight is 205 g/mol. The van der Waals surface area contributed by atoms with E-state index in [1.807, 2.05) is 13.8 Å². The normalized spacial score (nSPS) is 10.8. The molecule has 0 unspecified atom stereocenters. The van der Waals surface area contributed by atoms with Crippen LogP contribution in [0.3, 0.4) is 0 Å². The summed E-state index contributed by atoms with van der Waals surface area (Å²) in [4.78, 5) is 27.7. The molecule has 0 fully saturated rings. The second-order valence-electron chi connectivity index (χ2n) is 3.52. The van der Waals surface area contributed by atoms with E-state index in [4.69, 9.17) is 5.73 Å². The SMILES string of the molecule is Cc1[nH]c2[nH]c(=O)c(C=O)c(N)c2c1C. The number of nitrogens with one attached hydrogen (secondary N) is 2. The molecule has 15 heavy (non-hydrogen) atoms. The maximum Gasteiger partial charge on any atom is 0.262 e. The first-order chi connectivity index (χ1) is 7.06. The number of H-pyrrole nitrogens is 2. The molecule has 0 aliphatic rings. The van der Waals surface area contributed by atoms with E-state index < -0.39 is 5.56 Å². The van der Waals surface area contributed by atoms with Crippen molar-refractivity contribution in [3.63, 3.8) is 0 Å². The molecule has 0 aromatic carbocycles. The van der Waals surface area contributed by atoms with E-state index in [9.17, 15) is 9.59 Å². The van der Waals surface area contributed by atoms with Gasteiger partial charge in [0.2, 0.25) is 0 Å². The quantitative estimate of drug-likeness (QED) is 0.603. The van der Waals surface area contributed by atoms with Crippen molar-refractivity contribution in [1.82, 2.24) is 9.97 Å². The van der Waals surface area contributed by atoms with Gasteiger partial charge in [0.25, 0.3) is 5.56 Å². The van der Waals surface area contributed by atoms with Crippen molar-refractivity contribution in [3.8, 4) is 0 Å². The van der Waals surface area contributed by atoms with Crippen LogP contribution in [0, 0.1) is 13.8 Å². The highest BCUT2D eigenvalue weighted by atomic mass is 16.1. The van der Waals surface area contributed by atoms with Gasteiger partial charge in [0, 0.05) is 11.1 Å². The van der Waals surface area contributed by atoms with E-state index in [1.54, 1.807) is 0 Å². The fourth-order valence-corrected chi connectivity index (χ4v) is 1.70. The molecule has 0 atom stereocenters. The van der Waals surface area contributed by atoms with Crippen LogP contribution in [0.1, 0.15) is 21.6 Å². The van der Waals surface area contributed by atoms with Crippen molar-refractivity contribution in [2.75, 3.05) is 5.73 Å². The number of fused-ring (bicyclic) bond motifs is 1. The Hall–Kier alpha value is -2.04.